The van der Waals surface area contributed by atoms with Gasteiger partial charge in [0, 0.05) is 19.0 Å². The summed E-state index contributed by atoms with van der Waals surface area (Å²) in [6.07, 6.45) is 0.204. The second-order valence-corrected chi connectivity index (χ2v) is 5.79. The number of nitrogens with one attached hydrogen (secondary N) is 1. The second-order valence-electron chi connectivity index (χ2n) is 5.79. The Kier molecular flexibility index (Phi) is 5.53. The van der Waals surface area contributed by atoms with Crippen LogP contribution in [0.3, 0.4) is 0 Å². The van der Waals surface area contributed by atoms with Crippen LogP contribution in [0.4, 0.5) is 0 Å². The molecule has 1 heterocycles. The van der Waals surface area contributed by atoms with E-state index in [4.69, 9.17) is 0 Å². The van der Waals surface area contributed by atoms with Gasteiger partial charge in [-0.05, 0) is 19.8 Å². The fourth-order valence-electron chi connectivity index (χ4n) is 2.30. The van der Waals surface area contributed by atoms with Gasteiger partial charge in [-0.2, -0.15) is 0 Å². The normalized spacial score (nSPS) is 20.4. The van der Waals surface area contributed by atoms with Crippen LogP contribution >= 0.6 is 0 Å². The van der Waals surface area contributed by atoms with Crippen molar-refractivity contribution in [3.63, 3.8) is 0 Å². The Hall–Kier alpha value is -1.59. The van der Waals surface area contributed by atoms with E-state index in [0.29, 0.717) is 6.54 Å². The van der Waals surface area contributed by atoms with Gasteiger partial charge >= 0.3 is 5.97 Å². The second kappa shape index (κ2) is 6.72. The highest BCUT2D eigenvalue weighted by molar-refractivity contribution is 5.91. The lowest BCUT2D eigenvalue weighted by atomic mass is 10.0. The molecule has 0 saturated carbocycles. The highest BCUT2D eigenvalue weighted by Crippen LogP contribution is 2.20. The molecule has 1 aliphatic rings. The number of hydrogen-bond donors (Lipinski definition) is 1. The number of amides is 2. The molecule has 0 aromatic carbocycles. The zero-order valence-electron chi connectivity index (χ0n) is 12.8. The van der Waals surface area contributed by atoms with Gasteiger partial charge in [-0.25, -0.2) is 4.79 Å². The number of methoxy groups -OCH3 is 1. The molecule has 6 heteroatoms. The molecule has 0 aromatic heterocycles. The van der Waals surface area contributed by atoms with Gasteiger partial charge in [0.05, 0.1) is 13.0 Å². The fourth-order valence-corrected chi connectivity index (χ4v) is 2.30. The number of ether oxygens (including phenoxy) is 1. The Balaban J connectivity index is 2.67. The monoisotopic (exact) mass is 284 g/mol. The van der Waals surface area contributed by atoms with Crippen molar-refractivity contribution in [1.82, 2.24) is 10.2 Å². The lowest BCUT2D eigenvalue weighted by Crippen LogP contribution is -2.47. The van der Waals surface area contributed by atoms with E-state index in [1.807, 2.05) is 27.7 Å². The Labute approximate surface area is 119 Å². The third-order valence-corrected chi connectivity index (χ3v) is 3.57. The molecule has 1 saturated heterocycles. The number of rotatable bonds is 5. The molecular formula is C14H24N2O4. The van der Waals surface area contributed by atoms with Gasteiger partial charge in [-0.3, -0.25) is 9.59 Å². The van der Waals surface area contributed by atoms with Crippen LogP contribution in [0.15, 0.2) is 0 Å². The number of hydrogen-bond acceptors (Lipinski definition) is 4. The van der Waals surface area contributed by atoms with Crippen LogP contribution in [0.1, 0.15) is 34.1 Å². The first-order valence-corrected chi connectivity index (χ1v) is 6.95. The van der Waals surface area contributed by atoms with Gasteiger partial charge in [-0.1, -0.05) is 13.8 Å². The van der Waals surface area contributed by atoms with Crippen LogP contribution in [-0.2, 0) is 19.1 Å². The molecule has 2 atom stereocenters. The van der Waals surface area contributed by atoms with E-state index in [9.17, 15) is 14.4 Å². The van der Waals surface area contributed by atoms with Crippen molar-refractivity contribution in [2.75, 3.05) is 13.7 Å². The largest absolute Gasteiger partial charge is 0.467 e. The number of carbonyl (C=O) groups is 3. The maximum Gasteiger partial charge on any atom is 0.328 e. The molecule has 0 bridgehead atoms. The summed E-state index contributed by atoms with van der Waals surface area (Å²) >= 11 is 0. The van der Waals surface area contributed by atoms with Crippen molar-refractivity contribution in [3.8, 4) is 0 Å². The number of esters is 1. The van der Waals surface area contributed by atoms with Crippen molar-refractivity contribution in [2.45, 2.75) is 46.2 Å². The Morgan fingerprint density at radius 3 is 2.30 bits per heavy atom. The van der Waals surface area contributed by atoms with Crippen molar-refractivity contribution in [1.29, 1.82) is 0 Å². The third-order valence-electron chi connectivity index (χ3n) is 3.57. The molecule has 114 valence electrons. The van der Waals surface area contributed by atoms with E-state index >= 15 is 0 Å². The van der Waals surface area contributed by atoms with Gasteiger partial charge in [0.25, 0.3) is 0 Å². The maximum atomic E-state index is 12.2. The third kappa shape index (κ3) is 3.71. The van der Waals surface area contributed by atoms with E-state index in [-0.39, 0.29) is 30.2 Å². The zero-order chi connectivity index (χ0) is 15.4. The number of nitrogens with zero attached hydrogens (tertiary/aromatic N) is 1. The van der Waals surface area contributed by atoms with Gasteiger partial charge in [0.15, 0.2) is 0 Å². The highest BCUT2D eigenvalue weighted by Gasteiger charge is 2.37. The summed E-state index contributed by atoms with van der Waals surface area (Å²) in [5, 5.41) is 2.70. The summed E-state index contributed by atoms with van der Waals surface area (Å²) in [5.74, 6) is -1.19. The number of likely N-dealkylation sites (tertiary alicyclic amines) is 1. The predicted octanol–water partition coefficient (Wildman–Crippen LogP) is 0.557. The molecule has 1 N–H and O–H groups in total. The lowest BCUT2D eigenvalue weighted by molar-refractivity contribution is -0.146. The lowest BCUT2D eigenvalue weighted by Gasteiger charge is -2.23. The van der Waals surface area contributed by atoms with Gasteiger partial charge < -0.3 is 15.0 Å². The van der Waals surface area contributed by atoms with Crippen molar-refractivity contribution in [3.05, 3.63) is 0 Å². The molecule has 2 amide bonds. The highest BCUT2D eigenvalue weighted by atomic mass is 16.5. The van der Waals surface area contributed by atoms with Crippen molar-refractivity contribution < 1.29 is 19.1 Å². The molecule has 2 unspecified atom stereocenters. The van der Waals surface area contributed by atoms with Crippen molar-refractivity contribution >= 4 is 17.8 Å². The first kappa shape index (κ1) is 16.5. The van der Waals surface area contributed by atoms with Crippen molar-refractivity contribution in [2.24, 2.45) is 11.8 Å². The van der Waals surface area contributed by atoms with Gasteiger partial charge in [0.2, 0.25) is 11.8 Å². The molecule has 20 heavy (non-hydrogen) atoms. The quantitative estimate of drug-likeness (QED) is 0.748. The van der Waals surface area contributed by atoms with Gasteiger partial charge in [0.1, 0.15) is 6.04 Å². The van der Waals surface area contributed by atoms with E-state index in [1.165, 1.54) is 7.11 Å². The van der Waals surface area contributed by atoms with E-state index < -0.39 is 17.9 Å². The molecule has 1 aliphatic heterocycles. The summed E-state index contributed by atoms with van der Waals surface area (Å²) in [5.41, 5.74) is 0. The standard InChI is InChI=1S/C14H24N2O4/c1-8(2)12(14(19)20-5)15-13(18)10-6-11(17)16(7-10)9(3)4/h8-10,12H,6-7H2,1-5H3,(H,15,18). The number of carbonyl (C=O) groups excluding carboxylic acids is 3. The zero-order valence-corrected chi connectivity index (χ0v) is 12.8. The first-order valence-electron chi connectivity index (χ1n) is 6.95. The maximum absolute atomic E-state index is 12.2. The average molecular weight is 284 g/mol. The topological polar surface area (TPSA) is 75.7 Å². The molecule has 0 spiro atoms. The molecule has 0 radical (unpaired) electrons. The van der Waals surface area contributed by atoms with E-state index in [2.05, 4.69) is 10.1 Å². The molecule has 6 nitrogen and oxygen atoms in total. The molecule has 0 aromatic rings. The van der Waals surface area contributed by atoms with Crippen LogP contribution in [0, 0.1) is 11.8 Å². The van der Waals surface area contributed by atoms with Crippen LogP contribution in [0.25, 0.3) is 0 Å². The van der Waals surface area contributed by atoms with E-state index in [0.717, 1.165) is 0 Å². The fraction of sp³-hybridized carbons (Fsp3) is 0.786. The van der Waals surface area contributed by atoms with Gasteiger partial charge in [-0.15, -0.1) is 0 Å². The first-order chi connectivity index (χ1) is 9.27. The Morgan fingerprint density at radius 1 is 1.30 bits per heavy atom. The Morgan fingerprint density at radius 2 is 1.90 bits per heavy atom. The molecular weight excluding hydrogens is 260 g/mol. The molecule has 1 rings (SSSR count). The molecule has 1 fully saturated rings. The van der Waals surface area contributed by atoms with E-state index in [1.54, 1.807) is 4.90 Å². The predicted molar refractivity (Wildman–Crippen MR) is 73.7 cm³/mol. The average Bonchev–Trinajstić information content (AvgIpc) is 2.76. The smallest absolute Gasteiger partial charge is 0.328 e. The SMILES string of the molecule is COC(=O)C(NC(=O)C1CC(=O)N(C(C)C)C1)C(C)C. The minimum absolute atomic E-state index is 0.0145. The Bertz CT molecular complexity index is 393. The summed E-state index contributed by atoms with van der Waals surface area (Å²) in [6.45, 7) is 7.92. The van der Waals surface area contributed by atoms with Crippen LogP contribution in [-0.4, -0.2) is 48.4 Å². The summed E-state index contributed by atoms with van der Waals surface area (Å²) in [6, 6.07) is -0.586. The minimum Gasteiger partial charge on any atom is -0.467 e. The van der Waals surface area contributed by atoms with Crippen LogP contribution in [0.2, 0.25) is 0 Å². The summed E-state index contributed by atoms with van der Waals surface area (Å²) in [4.78, 5) is 37.3. The van der Waals surface area contributed by atoms with Crippen LogP contribution in [0.5, 0.6) is 0 Å². The van der Waals surface area contributed by atoms with Crippen LogP contribution < -0.4 is 5.32 Å². The molecule has 0 aliphatic carbocycles. The minimum atomic E-state index is -0.671. The summed E-state index contributed by atoms with van der Waals surface area (Å²) < 4.78 is 4.69. The summed E-state index contributed by atoms with van der Waals surface area (Å²) in [7, 11) is 1.30.